The summed E-state index contributed by atoms with van der Waals surface area (Å²) < 4.78 is 18.0. The van der Waals surface area contributed by atoms with Crippen molar-refractivity contribution in [3.63, 3.8) is 0 Å². The minimum atomic E-state index is -0.454. The van der Waals surface area contributed by atoms with Gasteiger partial charge in [-0.2, -0.15) is 0 Å². The fourth-order valence-electron chi connectivity index (χ4n) is 4.17. The summed E-state index contributed by atoms with van der Waals surface area (Å²) in [5.41, 5.74) is 0.400. The van der Waals surface area contributed by atoms with E-state index < -0.39 is 11.2 Å². The van der Waals surface area contributed by atoms with Crippen LogP contribution in [0.4, 0.5) is 9.18 Å². The van der Waals surface area contributed by atoms with Crippen LogP contribution in [0.25, 0.3) is 11.2 Å². The lowest BCUT2D eigenvalue weighted by molar-refractivity contribution is 0.133. The first-order chi connectivity index (χ1) is 15.8. The second-order valence-electron chi connectivity index (χ2n) is 8.22. The average Bonchev–Trinajstić information content (AvgIpc) is 3.15. The Hall–Kier alpha value is -3.47. The number of hydrogen-bond donors (Lipinski definition) is 1. The van der Waals surface area contributed by atoms with E-state index in [1.54, 1.807) is 28.6 Å². The predicted molar refractivity (Wildman–Crippen MR) is 122 cm³/mol. The number of aromatic nitrogens is 4. The van der Waals surface area contributed by atoms with Crippen LogP contribution in [0.3, 0.4) is 0 Å². The lowest BCUT2D eigenvalue weighted by atomic mass is 10.2. The van der Waals surface area contributed by atoms with Gasteiger partial charge in [0.2, 0.25) is 0 Å². The molecule has 1 saturated heterocycles. The number of urea groups is 1. The lowest BCUT2D eigenvalue weighted by Crippen LogP contribution is -2.51. The van der Waals surface area contributed by atoms with Gasteiger partial charge in [-0.25, -0.2) is 19.0 Å². The maximum Gasteiger partial charge on any atom is 0.332 e. The summed E-state index contributed by atoms with van der Waals surface area (Å²) in [4.78, 5) is 46.1. The van der Waals surface area contributed by atoms with Gasteiger partial charge in [0.25, 0.3) is 5.56 Å². The van der Waals surface area contributed by atoms with Gasteiger partial charge in [-0.15, -0.1) is 0 Å². The number of halogens is 1. The molecule has 0 spiro atoms. The summed E-state index contributed by atoms with van der Waals surface area (Å²) in [6.45, 7) is 5.60. The maximum atomic E-state index is 13.8. The van der Waals surface area contributed by atoms with E-state index in [-0.39, 0.29) is 18.4 Å². The largest absolute Gasteiger partial charge is 0.338 e. The van der Waals surface area contributed by atoms with Gasteiger partial charge in [0, 0.05) is 53.4 Å². The number of piperazine rings is 1. The molecule has 0 saturated carbocycles. The number of nitrogens with zero attached hydrogens (tertiary/aromatic N) is 6. The van der Waals surface area contributed by atoms with Crippen LogP contribution < -0.4 is 16.6 Å². The summed E-state index contributed by atoms with van der Waals surface area (Å²) in [7, 11) is 3.02. The van der Waals surface area contributed by atoms with Crippen molar-refractivity contribution >= 4 is 17.2 Å². The molecule has 2 aromatic heterocycles. The van der Waals surface area contributed by atoms with Gasteiger partial charge in [-0.1, -0.05) is 12.1 Å². The SMILES string of the molecule is CCNC(=O)N1CCN(Cc2nc3c(c(=O)n(C)c(=O)n3C)n2Cc2cccc(F)c2)CC1. The molecule has 1 fully saturated rings. The monoisotopic (exact) mass is 457 g/mol. The molecular weight excluding hydrogens is 429 g/mol. The number of fused-ring (bicyclic) bond motifs is 1. The van der Waals surface area contributed by atoms with Crippen molar-refractivity contribution in [2.45, 2.75) is 20.0 Å². The molecule has 11 heteroatoms. The Labute approximate surface area is 189 Å². The third kappa shape index (κ3) is 4.40. The quantitative estimate of drug-likeness (QED) is 0.601. The zero-order valence-electron chi connectivity index (χ0n) is 19.0. The highest BCUT2D eigenvalue weighted by molar-refractivity contribution is 5.74. The molecular formula is C22H28FN7O3. The summed E-state index contributed by atoms with van der Waals surface area (Å²) in [5, 5.41) is 2.81. The number of nitrogens with one attached hydrogen (secondary N) is 1. The van der Waals surface area contributed by atoms with Crippen molar-refractivity contribution in [2.75, 3.05) is 32.7 Å². The van der Waals surface area contributed by atoms with E-state index in [9.17, 15) is 18.8 Å². The summed E-state index contributed by atoms with van der Waals surface area (Å²) >= 11 is 0. The number of carbonyl (C=O) groups is 1. The molecule has 0 unspecified atom stereocenters. The maximum absolute atomic E-state index is 13.8. The van der Waals surface area contributed by atoms with E-state index in [1.165, 1.54) is 23.7 Å². The van der Waals surface area contributed by atoms with Crippen molar-refractivity contribution in [3.05, 3.63) is 62.3 Å². The van der Waals surface area contributed by atoms with E-state index in [0.29, 0.717) is 61.8 Å². The van der Waals surface area contributed by atoms with Crippen LogP contribution in [0.15, 0.2) is 33.9 Å². The van der Waals surface area contributed by atoms with Crippen LogP contribution in [0.1, 0.15) is 18.3 Å². The minimum Gasteiger partial charge on any atom is -0.338 e. The van der Waals surface area contributed by atoms with Crippen LogP contribution in [0.5, 0.6) is 0 Å². The van der Waals surface area contributed by atoms with Gasteiger partial charge in [-0.05, 0) is 24.6 Å². The Morgan fingerprint density at radius 3 is 2.48 bits per heavy atom. The lowest BCUT2D eigenvalue weighted by Gasteiger charge is -2.34. The Morgan fingerprint density at radius 1 is 1.09 bits per heavy atom. The molecule has 3 heterocycles. The first-order valence-electron chi connectivity index (χ1n) is 10.9. The molecule has 0 radical (unpaired) electrons. The molecule has 33 heavy (non-hydrogen) atoms. The van der Waals surface area contributed by atoms with Gasteiger partial charge < -0.3 is 14.8 Å². The Balaban J connectivity index is 1.69. The van der Waals surface area contributed by atoms with E-state index in [2.05, 4.69) is 15.2 Å². The Bertz CT molecular complexity index is 1300. The second-order valence-corrected chi connectivity index (χ2v) is 8.22. The van der Waals surface area contributed by atoms with Crippen LogP contribution in [0, 0.1) is 5.82 Å². The molecule has 1 N–H and O–H groups in total. The third-order valence-corrected chi connectivity index (χ3v) is 6.01. The minimum absolute atomic E-state index is 0.0750. The highest BCUT2D eigenvalue weighted by atomic mass is 19.1. The van der Waals surface area contributed by atoms with E-state index in [0.717, 1.165) is 4.57 Å². The molecule has 1 aliphatic rings. The molecule has 2 amide bonds. The fourth-order valence-corrected chi connectivity index (χ4v) is 4.17. The van der Waals surface area contributed by atoms with Crippen molar-refractivity contribution in [3.8, 4) is 0 Å². The normalized spacial score (nSPS) is 14.7. The van der Waals surface area contributed by atoms with Gasteiger partial charge >= 0.3 is 11.7 Å². The summed E-state index contributed by atoms with van der Waals surface area (Å²) in [6, 6.07) is 6.13. The van der Waals surface area contributed by atoms with Gasteiger partial charge in [0.1, 0.15) is 11.6 Å². The molecule has 176 valence electrons. The number of imidazole rings is 1. The van der Waals surface area contributed by atoms with Crippen LogP contribution in [-0.4, -0.2) is 67.2 Å². The van der Waals surface area contributed by atoms with Crippen molar-refractivity contribution in [1.82, 2.24) is 33.8 Å². The van der Waals surface area contributed by atoms with E-state index in [1.807, 2.05) is 6.92 Å². The first-order valence-corrected chi connectivity index (χ1v) is 10.9. The molecule has 10 nitrogen and oxygen atoms in total. The number of hydrogen-bond acceptors (Lipinski definition) is 5. The molecule has 0 atom stereocenters. The molecule has 0 bridgehead atoms. The van der Waals surface area contributed by atoms with Gasteiger partial charge in [0.05, 0.1) is 6.54 Å². The number of rotatable bonds is 5. The summed E-state index contributed by atoms with van der Waals surface area (Å²) in [5.74, 6) is 0.249. The Morgan fingerprint density at radius 2 is 1.82 bits per heavy atom. The molecule has 0 aliphatic carbocycles. The van der Waals surface area contributed by atoms with Crippen molar-refractivity contribution < 1.29 is 9.18 Å². The smallest absolute Gasteiger partial charge is 0.332 e. The predicted octanol–water partition coefficient (Wildman–Crippen LogP) is 0.468. The van der Waals surface area contributed by atoms with Crippen LogP contribution >= 0.6 is 0 Å². The highest BCUT2D eigenvalue weighted by Crippen LogP contribution is 2.17. The number of amides is 2. The average molecular weight is 458 g/mol. The van der Waals surface area contributed by atoms with E-state index in [4.69, 9.17) is 0 Å². The fraction of sp³-hybridized carbons (Fsp3) is 0.455. The molecule has 1 aromatic carbocycles. The zero-order chi connectivity index (χ0) is 23.7. The van der Waals surface area contributed by atoms with E-state index >= 15 is 0 Å². The number of carbonyl (C=O) groups excluding carboxylic acids is 1. The number of benzene rings is 1. The second kappa shape index (κ2) is 9.18. The van der Waals surface area contributed by atoms with Gasteiger partial charge in [0.15, 0.2) is 11.2 Å². The highest BCUT2D eigenvalue weighted by Gasteiger charge is 2.24. The molecule has 3 aromatic rings. The van der Waals surface area contributed by atoms with Crippen LogP contribution in [-0.2, 0) is 27.2 Å². The Kier molecular flexibility index (Phi) is 6.32. The summed E-state index contributed by atoms with van der Waals surface area (Å²) in [6.07, 6.45) is 0. The standard InChI is InChI=1S/C22H28FN7O3/c1-4-24-21(32)29-10-8-28(9-11-29)14-17-25-19-18(20(31)27(3)22(33)26(19)2)30(17)13-15-6-5-7-16(23)12-15/h5-7,12H,4,8-11,13-14H2,1-3H3,(H,24,32). The van der Waals surface area contributed by atoms with Crippen LogP contribution in [0.2, 0.25) is 0 Å². The molecule has 1 aliphatic heterocycles. The zero-order valence-corrected chi connectivity index (χ0v) is 19.0. The first kappa shape index (κ1) is 22.7. The van der Waals surface area contributed by atoms with Crippen molar-refractivity contribution in [1.29, 1.82) is 0 Å². The number of aryl methyl sites for hydroxylation is 1. The van der Waals surface area contributed by atoms with Crippen molar-refractivity contribution in [2.24, 2.45) is 14.1 Å². The third-order valence-electron chi connectivity index (χ3n) is 6.01. The molecule has 4 rings (SSSR count). The topological polar surface area (TPSA) is 97.4 Å². The van der Waals surface area contributed by atoms with Gasteiger partial charge in [-0.3, -0.25) is 18.8 Å².